The van der Waals surface area contributed by atoms with Gasteiger partial charge in [0, 0.05) is 12.5 Å². The van der Waals surface area contributed by atoms with E-state index in [2.05, 4.69) is 14.8 Å². The molecule has 0 aromatic rings. The summed E-state index contributed by atoms with van der Waals surface area (Å²) in [5, 5.41) is 2.55. The Morgan fingerprint density at radius 1 is 1.05 bits per heavy atom. The van der Waals surface area contributed by atoms with Crippen LogP contribution in [0.1, 0.15) is 40.0 Å². The molecule has 0 saturated heterocycles. The van der Waals surface area contributed by atoms with Crippen molar-refractivity contribution in [3.63, 3.8) is 0 Å². The molecule has 0 saturated carbocycles. The number of ether oxygens (including phenoxy) is 3. The number of amides is 1. The first-order valence-corrected chi connectivity index (χ1v) is 6.31. The second kappa shape index (κ2) is 8.39. The Bertz CT molecular complexity index is 347. The van der Waals surface area contributed by atoms with Crippen molar-refractivity contribution in [2.24, 2.45) is 0 Å². The summed E-state index contributed by atoms with van der Waals surface area (Å²) < 4.78 is 14.2. The van der Waals surface area contributed by atoms with Gasteiger partial charge in [-0.05, 0) is 27.2 Å². The van der Waals surface area contributed by atoms with E-state index in [1.807, 2.05) is 0 Å². The minimum absolute atomic E-state index is 0.0350. The first-order valence-electron chi connectivity index (χ1n) is 6.31. The third kappa shape index (κ3) is 9.18. The fraction of sp³-hybridized carbons (Fsp3) is 0.769. The molecule has 0 aliphatic rings. The molecule has 20 heavy (non-hydrogen) atoms. The summed E-state index contributed by atoms with van der Waals surface area (Å²) >= 11 is 0. The highest BCUT2D eigenvalue weighted by molar-refractivity contribution is 5.73. The molecule has 1 atom stereocenters. The molecule has 1 unspecified atom stereocenters. The maximum absolute atomic E-state index is 11.7. The molecule has 0 radical (unpaired) electrons. The van der Waals surface area contributed by atoms with Gasteiger partial charge in [0.25, 0.3) is 0 Å². The average molecular weight is 289 g/mol. The quantitative estimate of drug-likeness (QED) is 0.587. The van der Waals surface area contributed by atoms with Gasteiger partial charge in [-0.15, -0.1) is 0 Å². The number of carbonyl (C=O) groups is 3. The minimum atomic E-state index is -0.642. The Balaban J connectivity index is 4.47. The van der Waals surface area contributed by atoms with Gasteiger partial charge in [0.05, 0.1) is 20.6 Å². The van der Waals surface area contributed by atoms with Gasteiger partial charge in [0.15, 0.2) is 0 Å². The molecule has 0 heterocycles. The van der Waals surface area contributed by atoms with E-state index in [9.17, 15) is 14.4 Å². The predicted molar refractivity (Wildman–Crippen MR) is 71.0 cm³/mol. The Morgan fingerprint density at radius 2 is 1.60 bits per heavy atom. The van der Waals surface area contributed by atoms with Crippen molar-refractivity contribution in [2.45, 2.75) is 51.7 Å². The predicted octanol–water partition coefficient (Wildman–Crippen LogP) is 1.40. The molecule has 0 aromatic carbocycles. The summed E-state index contributed by atoms with van der Waals surface area (Å²) in [6.45, 7) is 5.20. The van der Waals surface area contributed by atoms with Gasteiger partial charge in [-0.1, -0.05) is 0 Å². The Kier molecular flexibility index (Phi) is 7.64. The lowest BCUT2D eigenvalue weighted by molar-refractivity contribution is -0.143. The number of carbonyl (C=O) groups excluding carboxylic acids is 3. The van der Waals surface area contributed by atoms with E-state index in [1.165, 1.54) is 14.2 Å². The van der Waals surface area contributed by atoms with E-state index in [1.54, 1.807) is 20.8 Å². The van der Waals surface area contributed by atoms with Gasteiger partial charge < -0.3 is 19.5 Å². The fourth-order valence-corrected chi connectivity index (χ4v) is 1.38. The van der Waals surface area contributed by atoms with Crippen LogP contribution in [0.2, 0.25) is 0 Å². The molecule has 116 valence electrons. The van der Waals surface area contributed by atoms with Gasteiger partial charge in [0.1, 0.15) is 5.60 Å². The van der Waals surface area contributed by atoms with Crippen molar-refractivity contribution < 1.29 is 28.6 Å². The molecule has 0 rings (SSSR count). The molecule has 1 amide bonds. The van der Waals surface area contributed by atoms with Crippen LogP contribution in [0.3, 0.4) is 0 Å². The number of methoxy groups -OCH3 is 2. The molecule has 7 heteroatoms. The molecule has 0 bridgehead atoms. The lowest BCUT2D eigenvalue weighted by atomic mass is 10.1. The fourth-order valence-electron chi connectivity index (χ4n) is 1.38. The van der Waals surface area contributed by atoms with E-state index >= 15 is 0 Å². The van der Waals surface area contributed by atoms with Crippen molar-refractivity contribution in [3.05, 3.63) is 0 Å². The van der Waals surface area contributed by atoms with Crippen LogP contribution in [0.4, 0.5) is 4.79 Å². The number of nitrogens with one attached hydrogen (secondary N) is 1. The van der Waals surface area contributed by atoms with Crippen LogP contribution in [0.25, 0.3) is 0 Å². The highest BCUT2D eigenvalue weighted by atomic mass is 16.6. The summed E-state index contributed by atoms with van der Waals surface area (Å²) in [7, 11) is 2.53. The summed E-state index contributed by atoms with van der Waals surface area (Å²) in [5.41, 5.74) is -0.637. The van der Waals surface area contributed by atoms with Crippen LogP contribution in [0.5, 0.6) is 0 Å². The highest BCUT2D eigenvalue weighted by Gasteiger charge is 2.22. The Labute approximate surface area is 118 Å². The topological polar surface area (TPSA) is 90.9 Å². The molecular weight excluding hydrogens is 266 g/mol. The van der Waals surface area contributed by atoms with Crippen LogP contribution in [-0.4, -0.2) is 43.9 Å². The Hall–Kier alpha value is -1.79. The van der Waals surface area contributed by atoms with Crippen LogP contribution >= 0.6 is 0 Å². The van der Waals surface area contributed by atoms with Gasteiger partial charge in [-0.2, -0.15) is 0 Å². The van der Waals surface area contributed by atoms with Crippen molar-refractivity contribution in [1.29, 1.82) is 0 Å². The number of esters is 2. The first-order chi connectivity index (χ1) is 9.17. The zero-order valence-corrected chi connectivity index (χ0v) is 12.6. The first kappa shape index (κ1) is 18.2. The molecule has 0 aromatic heterocycles. The molecule has 0 aliphatic heterocycles. The van der Waals surface area contributed by atoms with E-state index in [0.717, 1.165) is 0 Å². The molecule has 0 spiro atoms. The van der Waals surface area contributed by atoms with Crippen molar-refractivity contribution >= 4 is 18.0 Å². The van der Waals surface area contributed by atoms with Crippen LogP contribution in [0.15, 0.2) is 0 Å². The van der Waals surface area contributed by atoms with Gasteiger partial charge >= 0.3 is 18.0 Å². The van der Waals surface area contributed by atoms with Gasteiger partial charge in [-0.25, -0.2) is 4.79 Å². The summed E-state index contributed by atoms with van der Waals surface area (Å²) in [6, 6.07) is -0.545. The Morgan fingerprint density at radius 3 is 2.05 bits per heavy atom. The van der Waals surface area contributed by atoms with Crippen LogP contribution < -0.4 is 5.32 Å². The average Bonchev–Trinajstić information content (AvgIpc) is 2.32. The molecule has 7 nitrogen and oxygen atoms in total. The largest absolute Gasteiger partial charge is 0.469 e. The molecule has 1 N–H and O–H groups in total. The third-order valence-corrected chi connectivity index (χ3v) is 2.29. The lowest BCUT2D eigenvalue weighted by Gasteiger charge is -2.23. The normalized spacial score (nSPS) is 12.2. The standard InChI is InChI=1S/C13H23NO6/c1-13(2,3)20-12(17)14-9(8-11(16)19-5)6-7-10(15)18-4/h9H,6-8H2,1-5H3,(H,14,17). The molecule has 0 aliphatic carbocycles. The van der Waals surface area contributed by atoms with E-state index < -0.39 is 29.7 Å². The van der Waals surface area contributed by atoms with E-state index in [-0.39, 0.29) is 19.3 Å². The van der Waals surface area contributed by atoms with E-state index in [0.29, 0.717) is 0 Å². The summed E-state index contributed by atoms with van der Waals surface area (Å²) in [6.07, 6.45) is -0.321. The van der Waals surface area contributed by atoms with Gasteiger partial charge in [0.2, 0.25) is 0 Å². The monoisotopic (exact) mass is 289 g/mol. The maximum Gasteiger partial charge on any atom is 0.407 e. The zero-order valence-electron chi connectivity index (χ0n) is 12.6. The summed E-state index contributed by atoms with van der Waals surface area (Å²) in [5.74, 6) is -0.887. The number of hydrogen-bond acceptors (Lipinski definition) is 6. The number of hydrogen-bond donors (Lipinski definition) is 1. The SMILES string of the molecule is COC(=O)CCC(CC(=O)OC)NC(=O)OC(C)(C)C. The second-order valence-electron chi connectivity index (χ2n) is 5.24. The third-order valence-electron chi connectivity index (χ3n) is 2.29. The maximum atomic E-state index is 11.7. The number of alkyl carbamates (subject to hydrolysis) is 1. The van der Waals surface area contributed by atoms with Crippen molar-refractivity contribution in [1.82, 2.24) is 5.32 Å². The summed E-state index contributed by atoms with van der Waals surface area (Å²) in [4.78, 5) is 34.0. The van der Waals surface area contributed by atoms with Gasteiger partial charge in [-0.3, -0.25) is 9.59 Å². The van der Waals surface area contributed by atoms with Crippen LogP contribution in [-0.2, 0) is 23.8 Å². The second-order valence-corrected chi connectivity index (χ2v) is 5.24. The molecular formula is C13H23NO6. The zero-order chi connectivity index (χ0) is 15.8. The van der Waals surface area contributed by atoms with Crippen molar-refractivity contribution in [2.75, 3.05) is 14.2 Å². The van der Waals surface area contributed by atoms with Crippen LogP contribution in [0, 0.1) is 0 Å². The van der Waals surface area contributed by atoms with E-state index in [4.69, 9.17) is 4.74 Å². The molecule has 0 fully saturated rings. The lowest BCUT2D eigenvalue weighted by Crippen LogP contribution is -2.40. The minimum Gasteiger partial charge on any atom is -0.469 e. The highest BCUT2D eigenvalue weighted by Crippen LogP contribution is 2.09. The number of rotatable bonds is 6. The smallest absolute Gasteiger partial charge is 0.407 e. The van der Waals surface area contributed by atoms with Crippen molar-refractivity contribution in [3.8, 4) is 0 Å².